The molecule has 0 saturated heterocycles. The molecule has 0 bridgehead atoms. The number of hydrogen-bond acceptors (Lipinski definition) is 2. The van der Waals surface area contributed by atoms with Gasteiger partial charge in [0.1, 0.15) is 0 Å². The van der Waals surface area contributed by atoms with Gasteiger partial charge in [0.2, 0.25) is 0 Å². The average molecular weight is 242 g/mol. The molecule has 1 N–H and O–H groups in total. The van der Waals surface area contributed by atoms with Crippen LogP contribution in [-0.2, 0) is 6.54 Å². The molecule has 0 fully saturated rings. The maximum Gasteiger partial charge on any atom is 0.163 e. The first-order valence-electron chi connectivity index (χ1n) is 6.05. The van der Waals surface area contributed by atoms with Gasteiger partial charge in [-0.2, -0.15) is 0 Å². The molecule has 0 aliphatic carbocycles. The van der Waals surface area contributed by atoms with E-state index in [0.717, 1.165) is 32.2 Å². The minimum absolute atomic E-state index is 0.366. The second kappa shape index (κ2) is 7.35. The second-order valence-electron chi connectivity index (χ2n) is 3.92. The molecule has 1 rings (SSSR count). The molecule has 17 heavy (non-hydrogen) atoms. The summed E-state index contributed by atoms with van der Waals surface area (Å²) in [4.78, 5) is 2.27. The highest BCUT2D eigenvalue weighted by Crippen LogP contribution is 2.10. The molecule has 0 saturated carbocycles. The maximum atomic E-state index is 13.3. The molecule has 2 nitrogen and oxygen atoms in total. The van der Waals surface area contributed by atoms with Gasteiger partial charge in [-0.3, -0.25) is 0 Å². The quantitative estimate of drug-likeness (QED) is 0.739. The van der Waals surface area contributed by atoms with E-state index in [4.69, 9.17) is 0 Å². The number of benzene rings is 1. The lowest BCUT2D eigenvalue weighted by Gasteiger charge is -2.18. The molecular weight excluding hydrogens is 222 g/mol. The number of halogens is 2. The maximum absolute atomic E-state index is 13.3. The molecule has 0 heterocycles. The fourth-order valence-electron chi connectivity index (χ4n) is 1.69. The van der Waals surface area contributed by atoms with Crippen molar-refractivity contribution < 1.29 is 8.78 Å². The molecule has 1 aromatic carbocycles. The van der Waals surface area contributed by atoms with Crippen molar-refractivity contribution >= 4 is 0 Å². The van der Waals surface area contributed by atoms with Crippen molar-refractivity contribution in [3.8, 4) is 0 Å². The van der Waals surface area contributed by atoms with Crippen molar-refractivity contribution in [1.82, 2.24) is 10.2 Å². The number of hydrogen-bond donors (Lipinski definition) is 1. The molecule has 0 aliphatic rings. The summed E-state index contributed by atoms with van der Waals surface area (Å²) in [6, 6.07) is 4.26. The first kappa shape index (κ1) is 14.1. The third-order valence-electron chi connectivity index (χ3n) is 2.85. The van der Waals surface area contributed by atoms with Crippen LogP contribution in [0.5, 0.6) is 0 Å². The van der Waals surface area contributed by atoms with Gasteiger partial charge in [-0.1, -0.05) is 26.0 Å². The van der Waals surface area contributed by atoms with Crippen LogP contribution in [-0.4, -0.2) is 31.1 Å². The van der Waals surface area contributed by atoms with Crippen LogP contribution in [0, 0.1) is 11.6 Å². The molecule has 96 valence electrons. The molecule has 1 aromatic rings. The summed E-state index contributed by atoms with van der Waals surface area (Å²) < 4.78 is 26.2. The Morgan fingerprint density at radius 3 is 2.53 bits per heavy atom. The lowest BCUT2D eigenvalue weighted by molar-refractivity contribution is 0.302. The van der Waals surface area contributed by atoms with Crippen molar-refractivity contribution in [3.05, 3.63) is 35.4 Å². The summed E-state index contributed by atoms with van der Waals surface area (Å²) in [5.74, 6) is -1.53. The van der Waals surface area contributed by atoms with Crippen molar-refractivity contribution in [2.24, 2.45) is 0 Å². The zero-order valence-corrected chi connectivity index (χ0v) is 10.5. The highest BCUT2D eigenvalue weighted by Gasteiger charge is 2.06. The molecule has 4 heteroatoms. The van der Waals surface area contributed by atoms with Crippen molar-refractivity contribution in [2.45, 2.75) is 20.4 Å². The Labute approximate surface area is 102 Å². The Kier molecular flexibility index (Phi) is 6.08. The van der Waals surface area contributed by atoms with E-state index in [9.17, 15) is 8.78 Å². The first-order chi connectivity index (χ1) is 8.19. The Morgan fingerprint density at radius 1 is 1.18 bits per heavy atom. The standard InChI is InChI=1S/C13H20F2N2/c1-3-17(4-2)9-8-16-10-11-6-5-7-12(14)13(11)15/h5-7,16H,3-4,8-10H2,1-2H3. The van der Waals surface area contributed by atoms with Gasteiger partial charge in [-0.05, 0) is 19.2 Å². The Bertz CT molecular complexity index is 338. The van der Waals surface area contributed by atoms with Crippen LogP contribution in [0.3, 0.4) is 0 Å². The van der Waals surface area contributed by atoms with E-state index < -0.39 is 11.6 Å². The third-order valence-corrected chi connectivity index (χ3v) is 2.85. The highest BCUT2D eigenvalue weighted by molar-refractivity contribution is 5.18. The SMILES string of the molecule is CCN(CC)CCNCc1cccc(F)c1F. The molecule has 0 aromatic heterocycles. The molecule has 0 radical (unpaired) electrons. The van der Waals surface area contributed by atoms with E-state index in [-0.39, 0.29) is 0 Å². The summed E-state index contributed by atoms with van der Waals surface area (Å²) in [6.07, 6.45) is 0. The van der Waals surface area contributed by atoms with E-state index in [0.29, 0.717) is 12.1 Å². The largest absolute Gasteiger partial charge is 0.311 e. The number of rotatable bonds is 7. The molecule has 0 atom stereocenters. The van der Waals surface area contributed by atoms with Crippen LogP contribution in [0.4, 0.5) is 8.78 Å². The van der Waals surface area contributed by atoms with Gasteiger partial charge in [0, 0.05) is 25.2 Å². The molecular formula is C13H20F2N2. The lowest BCUT2D eigenvalue weighted by atomic mass is 10.2. The van der Waals surface area contributed by atoms with E-state index in [1.807, 2.05) is 0 Å². The number of likely N-dealkylation sites (N-methyl/N-ethyl adjacent to an activating group) is 1. The summed E-state index contributed by atoms with van der Waals surface area (Å²) >= 11 is 0. The average Bonchev–Trinajstić information content (AvgIpc) is 2.34. The van der Waals surface area contributed by atoms with Gasteiger partial charge in [0.05, 0.1) is 0 Å². The van der Waals surface area contributed by atoms with Crippen LogP contribution in [0.2, 0.25) is 0 Å². The van der Waals surface area contributed by atoms with Crippen LogP contribution in [0.1, 0.15) is 19.4 Å². The topological polar surface area (TPSA) is 15.3 Å². The zero-order chi connectivity index (χ0) is 12.7. The van der Waals surface area contributed by atoms with Crippen LogP contribution in [0.25, 0.3) is 0 Å². The molecule has 0 amide bonds. The van der Waals surface area contributed by atoms with Gasteiger partial charge >= 0.3 is 0 Å². The number of nitrogens with zero attached hydrogens (tertiary/aromatic N) is 1. The zero-order valence-electron chi connectivity index (χ0n) is 10.5. The summed E-state index contributed by atoms with van der Waals surface area (Å²) in [5.41, 5.74) is 0.379. The second-order valence-corrected chi connectivity index (χ2v) is 3.92. The van der Waals surface area contributed by atoms with E-state index in [2.05, 4.69) is 24.1 Å². The summed E-state index contributed by atoms with van der Waals surface area (Å²) in [7, 11) is 0. The third kappa shape index (κ3) is 4.40. The van der Waals surface area contributed by atoms with Crippen molar-refractivity contribution in [1.29, 1.82) is 0 Å². The first-order valence-corrected chi connectivity index (χ1v) is 6.05. The molecule has 0 aliphatic heterocycles. The summed E-state index contributed by atoms with van der Waals surface area (Å²) in [6.45, 7) is 8.29. The van der Waals surface area contributed by atoms with E-state index in [1.54, 1.807) is 6.07 Å². The van der Waals surface area contributed by atoms with Crippen LogP contribution < -0.4 is 5.32 Å². The van der Waals surface area contributed by atoms with Crippen molar-refractivity contribution in [2.75, 3.05) is 26.2 Å². The minimum Gasteiger partial charge on any atom is -0.311 e. The Morgan fingerprint density at radius 2 is 1.88 bits per heavy atom. The fraction of sp³-hybridized carbons (Fsp3) is 0.538. The van der Waals surface area contributed by atoms with Crippen LogP contribution >= 0.6 is 0 Å². The number of nitrogens with one attached hydrogen (secondary N) is 1. The van der Waals surface area contributed by atoms with Gasteiger partial charge in [-0.15, -0.1) is 0 Å². The smallest absolute Gasteiger partial charge is 0.163 e. The van der Waals surface area contributed by atoms with Gasteiger partial charge in [0.15, 0.2) is 11.6 Å². The molecule has 0 unspecified atom stereocenters. The summed E-state index contributed by atoms with van der Waals surface area (Å²) in [5, 5.41) is 3.12. The monoisotopic (exact) mass is 242 g/mol. The highest BCUT2D eigenvalue weighted by atomic mass is 19.2. The predicted octanol–water partition coefficient (Wildman–Crippen LogP) is 2.40. The fourth-order valence-corrected chi connectivity index (χ4v) is 1.69. The van der Waals surface area contributed by atoms with Gasteiger partial charge in [0.25, 0.3) is 0 Å². The normalized spacial score (nSPS) is 11.1. The van der Waals surface area contributed by atoms with Gasteiger partial charge in [-0.25, -0.2) is 8.78 Å². The van der Waals surface area contributed by atoms with Crippen LogP contribution in [0.15, 0.2) is 18.2 Å². The van der Waals surface area contributed by atoms with E-state index >= 15 is 0 Å². The van der Waals surface area contributed by atoms with Gasteiger partial charge < -0.3 is 10.2 Å². The Balaban J connectivity index is 2.33. The molecule has 0 spiro atoms. The Hall–Kier alpha value is -1.00. The predicted molar refractivity (Wildman–Crippen MR) is 65.9 cm³/mol. The minimum atomic E-state index is -0.784. The van der Waals surface area contributed by atoms with E-state index in [1.165, 1.54) is 6.07 Å². The van der Waals surface area contributed by atoms with Crippen molar-refractivity contribution in [3.63, 3.8) is 0 Å². The lowest BCUT2D eigenvalue weighted by Crippen LogP contribution is -2.31.